The Labute approximate surface area is 116 Å². The Morgan fingerprint density at radius 2 is 2.25 bits per heavy atom. The van der Waals surface area contributed by atoms with Crippen LogP contribution in [0, 0.1) is 0 Å². The third kappa shape index (κ3) is 4.16. The average Bonchev–Trinajstić information content (AvgIpc) is 2.96. The van der Waals surface area contributed by atoms with E-state index in [1.54, 1.807) is 42.8 Å². The predicted molar refractivity (Wildman–Crippen MR) is 77.9 cm³/mol. The summed E-state index contributed by atoms with van der Waals surface area (Å²) in [5.41, 5.74) is 6.31. The Bertz CT molecular complexity index is 579. The van der Waals surface area contributed by atoms with Crippen molar-refractivity contribution in [1.82, 2.24) is 10.3 Å². The highest BCUT2D eigenvalue weighted by molar-refractivity contribution is 5.91. The fraction of sp³-hybridized carbons (Fsp3) is 0.143. The van der Waals surface area contributed by atoms with Gasteiger partial charge in [0.15, 0.2) is 0 Å². The predicted octanol–water partition coefficient (Wildman–Crippen LogP) is 1.50. The zero-order chi connectivity index (χ0) is 14.2. The fourth-order valence-electron chi connectivity index (χ4n) is 1.53. The first-order valence-corrected chi connectivity index (χ1v) is 6.19. The monoisotopic (exact) mass is 272 g/mol. The smallest absolute Gasteiger partial charge is 0.244 e. The number of anilines is 2. The lowest BCUT2D eigenvalue weighted by Crippen LogP contribution is -2.27. The fourth-order valence-corrected chi connectivity index (χ4v) is 1.53. The molecule has 0 saturated carbocycles. The molecule has 2 heterocycles. The van der Waals surface area contributed by atoms with Crippen molar-refractivity contribution in [3.8, 4) is 0 Å². The molecule has 2 aromatic rings. The van der Waals surface area contributed by atoms with Crippen molar-refractivity contribution in [3.05, 3.63) is 48.6 Å². The van der Waals surface area contributed by atoms with Gasteiger partial charge in [-0.2, -0.15) is 0 Å². The minimum atomic E-state index is -0.183. The summed E-state index contributed by atoms with van der Waals surface area (Å²) in [6, 6.07) is 7.07. The van der Waals surface area contributed by atoms with Gasteiger partial charge in [-0.05, 0) is 30.3 Å². The van der Waals surface area contributed by atoms with Gasteiger partial charge in [-0.15, -0.1) is 0 Å². The van der Waals surface area contributed by atoms with E-state index in [9.17, 15) is 4.79 Å². The first-order chi connectivity index (χ1) is 9.75. The van der Waals surface area contributed by atoms with E-state index in [4.69, 9.17) is 10.2 Å². The lowest BCUT2D eigenvalue weighted by molar-refractivity contribution is -0.116. The molecule has 20 heavy (non-hydrogen) atoms. The topological polar surface area (TPSA) is 93.2 Å². The molecule has 6 heteroatoms. The van der Waals surface area contributed by atoms with Crippen LogP contribution in [0.3, 0.4) is 0 Å². The van der Waals surface area contributed by atoms with E-state index in [1.807, 2.05) is 0 Å². The van der Waals surface area contributed by atoms with Gasteiger partial charge in [0.2, 0.25) is 5.91 Å². The quantitative estimate of drug-likeness (QED) is 0.547. The standard InChI is InChI=1S/C14H16N4O2/c15-12-4-1-7-17-14(12)18-9-8-16-13(19)6-5-11-3-2-10-20-11/h1-7,10H,8-9,15H2,(H,16,19)(H,17,18)/b6-5+. The second-order valence-corrected chi connectivity index (χ2v) is 4.01. The number of pyridine rings is 1. The lowest BCUT2D eigenvalue weighted by Gasteiger charge is -2.07. The Hall–Kier alpha value is -2.76. The molecule has 104 valence electrons. The highest BCUT2D eigenvalue weighted by atomic mass is 16.3. The van der Waals surface area contributed by atoms with Crippen LogP contribution < -0.4 is 16.4 Å². The van der Waals surface area contributed by atoms with Crippen molar-refractivity contribution in [2.45, 2.75) is 0 Å². The van der Waals surface area contributed by atoms with Gasteiger partial charge in [0.25, 0.3) is 0 Å². The normalized spacial score (nSPS) is 10.6. The zero-order valence-electron chi connectivity index (χ0n) is 10.9. The van der Waals surface area contributed by atoms with Gasteiger partial charge in [-0.3, -0.25) is 4.79 Å². The number of carbonyl (C=O) groups is 1. The van der Waals surface area contributed by atoms with Crippen molar-refractivity contribution >= 4 is 23.5 Å². The Balaban J connectivity index is 1.68. The summed E-state index contributed by atoms with van der Waals surface area (Å²) in [5.74, 6) is 1.07. The molecule has 0 aromatic carbocycles. The summed E-state index contributed by atoms with van der Waals surface area (Å²) in [7, 11) is 0. The van der Waals surface area contributed by atoms with Gasteiger partial charge in [0, 0.05) is 25.4 Å². The van der Waals surface area contributed by atoms with E-state index < -0.39 is 0 Å². The number of hydrogen-bond acceptors (Lipinski definition) is 5. The van der Waals surface area contributed by atoms with Crippen molar-refractivity contribution < 1.29 is 9.21 Å². The highest BCUT2D eigenvalue weighted by Gasteiger charge is 1.99. The molecule has 0 atom stereocenters. The third-order valence-electron chi connectivity index (χ3n) is 2.50. The zero-order valence-corrected chi connectivity index (χ0v) is 10.9. The van der Waals surface area contributed by atoms with E-state index in [1.165, 1.54) is 6.08 Å². The molecule has 0 saturated heterocycles. The van der Waals surface area contributed by atoms with E-state index >= 15 is 0 Å². The van der Waals surface area contributed by atoms with Gasteiger partial charge in [0.05, 0.1) is 12.0 Å². The molecule has 0 spiro atoms. The summed E-state index contributed by atoms with van der Waals surface area (Å²) in [6.45, 7) is 1.01. The number of aromatic nitrogens is 1. The molecular weight excluding hydrogens is 256 g/mol. The number of hydrogen-bond donors (Lipinski definition) is 3. The Morgan fingerprint density at radius 1 is 1.35 bits per heavy atom. The van der Waals surface area contributed by atoms with Gasteiger partial charge in [-0.1, -0.05) is 0 Å². The number of furan rings is 1. The van der Waals surface area contributed by atoms with Gasteiger partial charge in [0.1, 0.15) is 11.6 Å². The Kier molecular flexibility index (Phi) is 4.77. The first-order valence-electron chi connectivity index (χ1n) is 6.19. The van der Waals surface area contributed by atoms with E-state index in [2.05, 4.69) is 15.6 Å². The second-order valence-electron chi connectivity index (χ2n) is 4.01. The molecule has 0 bridgehead atoms. The lowest BCUT2D eigenvalue weighted by atomic mass is 10.4. The van der Waals surface area contributed by atoms with Crippen molar-refractivity contribution in [2.24, 2.45) is 0 Å². The van der Waals surface area contributed by atoms with Crippen LogP contribution >= 0.6 is 0 Å². The van der Waals surface area contributed by atoms with Crippen molar-refractivity contribution in [2.75, 3.05) is 24.1 Å². The number of carbonyl (C=O) groups excluding carboxylic acids is 1. The molecule has 6 nitrogen and oxygen atoms in total. The van der Waals surface area contributed by atoms with Gasteiger partial charge < -0.3 is 20.8 Å². The van der Waals surface area contributed by atoms with Crippen LogP contribution in [0.5, 0.6) is 0 Å². The molecule has 2 aromatic heterocycles. The summed E-state index contributed by atoms with van der Waals surface area (Å²) in [5, 5.41) is 5.78. The molecule has 4 N–H and O–H groups in total. The van der Waals surface area contributed by atoms with Crippen molar-refractivity contribution in [1.29, 1.82) is 0 Å². The maximum absolute atomic E-state index is 11.5. The van der Waals surface area contributed by atoms with Gasteiger partial charge in [-0.25, -0.2) is 4.98 Å². The highest BCUT2D eigenvalue weighted by Crippen LogP contribution is 2.11. The molecule has 0 unspecified atom stereocenters. The van der Waals surface area contributed by atoms with Crippen LogP contribution in [0.1, 0.15) is 5.76 Å². The molecule has 0 aliphatic rings. The average molecular weight is 272 g/mol. The van der Waals surface area contributed by atoms with Crippen LogP contribution in [0.4, 0.5) is 11.5 Å². The number of nitrogens with one attached hydrogen (secondary N) is 2. The minimum absolute atomic E-state index is 0.183. The number of nitrogen functional groups attached to an aromatic ring is 1. The van der Waals surface area contributed by atoms with E-state index in [0.29, 0.717) is 30.4 Å². The molecule has 2 rings (SSSR count). The first kappa shape index (κ1) is 13.7. The SMILES string of the molecule is Nc1cccnc1NCCNC(=O)/C=C/c1ccco1. The van der Waals surface area contributed by atoms with Gasteiger partial charge >= 0.3 is 0 Å². The van der Waals surface area contributed by atoms with Crippen LogP contribution in [0.15, 0.2) is 47.2 Å². The second kappa shape index (κ2) is 6.98. The molecule has 0 aliphatic carbocycles. The number of amides is 1. The largest absolute Gasteiger partial charge is 0.465 e. The van der Waals surface area contributed by atoms with Crippen LogP contribution in [0.2, 0.25) is 0 Å². The van der Waals surface area contributed by atoms with E-state index in [0.717, 1.165) is 0 Å². The summed E-state index contributed by atoms with van der Waals surface area (Å²) in [6.07, 6.45) is 6.25. The molecule has 0 fully saturated rings. The molecule has 1 amide bonds. The number of rotatable bonds is 6. The minimum Gasteiger partial charge on any atom is -0.465 e. The molecule has 0 aliphatic heterocycles. The molecule has 0 radical (unpaired) electrons. The Morgan fingerprint density at radius 3 is 3.00 bits per heavy atom. The van der Waals surface area contributed by atoms with E-state index in [-0.39, 0.29) is 5.91 Å². The third-order valence-corrected chi connectivity index (χ3v) is 2.50. The van der Waals surface area contributed by atoms with Crippen LogP contribution in [-0.2, 0) is 4.79 Å². The van der Waals surface area contributed by atoms with Crippen LogP contribution in [-0.4, -0.2) is 24.0 Å². The summed E-state index contributed by atoms with van der Waals surface area (Å²) >= 11 is 0. The van der Waals surface area contributed by atoms with Crippen molar-refractivity contribution in [3.63, 3.8) is 0 Å². The maximum Gasteiger partial charge on any atom is 0.244 e. The number of nitrogens with two attached hydrogens (primary N) is 1. The maximum atomic E-state index is 11.5. The van der Waals surface area contributed by atoms with Crippen LogP contribution in [0.25, 0.3) is 6.08 Å². The summed E-state index contributed by atoms with van der Waals surface area (Å²) < 4.78 is 5.08. The molecular formula is C14H16N4O2. The summed E-state index contributed by atoms with van der Waals surface area (Å²) in [4.78, 5) is 15.6. The number of nitrogens with zero attached hydrogens (tertiary/aromatic N) is 1.